The number of halogens is 1. The Kier molecular flexibility index (Phi) is 10.1. The number of benzene rings is 1. The minimum absolute atomic E-state index is 0.158. The first-order valence-electron chi connectivity index (χ1n) is 12.7. The molecule has 1 aromatic carbocycles. The molecule has 0 spiro atoms. The van der Waals surface area contributed by atoms with Gasteiger partial charge in [-0.3, -0.25) is 0 Å². The number of nitrogens with zero attached hydrogens (tertiary/aromatic N) is 4. The molecule has 1 aliphatic heterocycles. The fraction of sp³-hybridized carbons (Fsp3) is 0.560. The van der Waals surface area contributed by atoms with Gasteiger partial charge in [0.2, 0.25) is 0 Å². The first-order chi connectivity index (χ1) is 17.4. The largest absolute Gasteiger partial charge is 0.490 e. The topological polar surface area (TPSA) is 109 Å². The number of imidazole rings is 1. The molecule has 0 bridgehead atoms. The molecule has 4 rings (SSSR count). The monoisotopic (exact) mass is 503 g/mol. The molecule has 0 radical (unpaired) electrons. The van der Waals surface area contributed by atoms with E-state index < -0.39 is 5.82 Å². The van der Waals surface area contributed by atoms with Gasteiger partial charge in [-0.15, -0.1) is 0 Å². The number of carbonyl (C=O) groups excluding carboxylic acids is 1. The van der Waals surface area contributed by atoms with Crippen molar-refractivity contribution in [2.75, 3.05) is 45.7 Å². The highest BCUT2D eigenvalue weighted by Gasteiger charge is 2.23. The number of urea groups is 1. The second kappa shape index (κ2) is 13.2. The lowest BCUT2D eigenvalue weighted by Crippen LogP contribution is -2.28. The van der Waals surface area contributed by atoms with Crippen molar-refractivity contribution in [2.24, 2.45) is 0 Å². The lowest BCUT2D eigenvalue weighted by molar-refractivity contribution is -0.0393. The molecule has 1 fully saturated rings. The van der Waals surface area contributed by atoms with E-state index in [1.165, 1.54) is 6.07 Å². The molecule has 10 nitrogen and oxygen atoms in total. The highest BCUT2D eigenvalue weighted by Crippen LogP contribution is 2.32. The van der Waals surface area contributed by atoms with E-state index in [4.69, 9.17) is 9.47 Å². The Bertz CT molecular complexity index is 1120. The Labute approximate surface area is 211 Å². The molecule has 0 saturated carbocycles. The fourth-order valence-corrected chi connectivity index (χ4v) is 3.86. The third kappa shape index (κ3) is 6.94. The van der Waals surface area contributed by atoms with Crippen molar-refractivity contribution in [1.29, 1.82) is 0 Å². The number of rotatable bonds is 9. The van der Waals surface area contributed by atoms with Crippen LogP contribution in [-0.4, -0.2) is 71.1 Å². The molecule has 11 heteroatoms. The van der Waals surface area contributed by atoms with Crippen LogP contribution >= 0.6 is 0 Å². The SMILES string of the molecule is CC.CCNC(=O)Nc1cn(C2CCCCO2)nc1-c1nc2cc(OCCCN(C)C)c(F)cc2[nH]1. The summed E-state index contributed by atoms with van der Waals surface area (Å²) in [5, 5.41) is 10.2. The lowest BCUT2D eigenvalue weighted by atomic mass is 10.2. The number of aromatic nitrogens is 4. The number of H-pyrrole nitrogens is 1. The van der Waals surface area contributed by atoms with Gasteiger partial charge in [-0.05, 0) is 46.7 Å². The molecule has 1 aliphatic rings. The van der Waals surface area contributed by atoms with Gasteiger partial charge in [-0.2, -0.15) is 5.10 Å². The summed E-state index contributed by atoms with van der Waals surface area (Å²) in [6.07, 6.45) is 5.21. The minimum atomic E-state index is -0.464. The van der Waals surface area contributed by atoms with Crippen molar-refractivity contribution in [2.45, 2.75) is 52.7 Å². The van der Waals surface area contributed by atoms with Gasteiger partial charge in [-0.1, -0.05) is 13.8 Å². The van der Waals surface area contributed by atoms with Gasteiger partial charge in [0.25, 0.3) is 0 Å². The second-order valence-corrected chi connectivity index (χ2v) is 8.57. The summed E-state index contributed by atoms with van der Waals surface area (Å²) in [5.41, 5.74) is 2.00. The average Bonchev–Trinajstić information content (AvgIpc) is 3.47. The van der Waals surface area contributed by atoms with Crippen LogP contribution in [0, 0.1) is 5.82 Å². The Morgan fingerprint density at radius 3 is 2.83 bits per heavy atom. The van der Waals surface area contributed by atoms with E-state index >= 15 is 0 Å². The first-order valence-corrected chi connectivity index (χ1v) is 12.7. The highest BCUT2D eigenvalue weighted by molar-refractivity contribution is 5.93. The summed E-state index contributed by atoms with van der Waals surface area (Å²) >= 11 is 0. The number of anilines is 1. The predicted molar refractivity (Wildman–Crippen MR) is 139 cm³/mol. The van der Waals surface area contributed by atoms with Gasteiger partial charge in [-0.25, -0.2) is 18.9 Å². The molecule has 3 aromatic rings. The summed E-state index contributed by atoms with van der Waals surface area (Å²) in [4.78, 5) is 22.0. The molecular weight excluding hydrogens is 465 g/mol. The zero-order valence-corrected chi connectivity index (χ0v) is 21.9. The van der Waals surface area contributed by atoms with Crippen LogP contribution < -0.4 is 15.4 Å². The molecule has 198 valence electrons. The van der Waals surface area contributed by atoms with Crippen LogP contribution in [0.2, 0.25) is 0 Å². The van der Waals surface area contributed by atoms with Crippen LogP contribution in [-0.2, 0) is 4.74 Å². The predicted octanol–water partition coefficient (Wildman–Crippen LogP) is 4.76. The van der Waals surface area contributed by atoms with Crippen LogP contribution in [0.3, 0.4) is 0 Å². The second-order valence-electron chi connectivity index (χ2n) is 8.57. The first kappa shape index (κ1) is 27.4. The highest BCUT2D eigenvalue weighted by atomic mass is 19.1. The van der Waals surface area contributed by atoms with E-state index in [1.54, 1.807) is 16.9 Å². The Balaban J connectivity index is 0.00000176. The van der Waals surface area contributed by atoms with E-state index in [9.17, 15) is 9.18 Å². The van der Waals surface area contributed by atoms with Gasteiger partial charge >= 0.3 is 6.03 Å². The maximum absolute atomic E-state index is 14.6. The normalized spacial score (nSPS) is 15.5. The zero-order chi connectivity index (χ0) is 26.1. The van der Waals surface area contributed by atoms with Crippen LogP contribution in [0.4, 0.5) is 14.9 Å². The van der Waals surface area contributed by atoms with Gasteiger partial charge < -0.3 is 30.0 Å². The molecule has 3 N–H and O–H groups in total. The van der Waals surface area contributed by atoms with Gasteiger partial charge in [0, 0.05) is 31.8 Å². The number of aromatic amines is 1. The Morgan fingerprint density at radius 1 is 1.33 bits per heavy atom. The van der Waals surface area contributed by atoms with Crippen LogP contribution in [0.15, 0.2) is 18.3 Å². The number of amides is 2. The summed E-state index contributed by atoms with van der Waals surface area (Å²) in [6, 6.07) is 2.60. The molecule has 1 atom stereocenters. The fourth-order valence-electron chi connectivity index (χ4n) is 3.86. The maximum Gasteiger partial charge on any atom is 0.319 e. The van der Waals surface area contributed by atoms with Crippen molar-refractivity contribution in [3.05, 3.63) is 24.1 Å². The third-order valence-electron chi connectivity index (χ3n) is 5.54. The summed E-state index contributed by atoms with van der Waals surface area (Å²) in [7, 11) is 3.96. The summed E-state index contributed by atoms with van der Waals surface area (Å²) in [5.74, 6) is 0.112. The standard InChI is InChI=1S/C23H32FN7O3.C2H6/c1-4-25-23(32)28-18-14-31(20-8-5-6-10-34-20)29-21(18)22-26-16-12-15(24)19(13-17(16)27-22)33-11-7-9-30(2)3;1-2/h12-14,20H,4-11H2,1-3H3,(H,26,27)(H2,25,28,32);1-2H3. The van der Waals surface area contributed by atoms with E-state index in [2.05, 4.69) is 25.7 Å². The molecule has 1 unspecified atom stereocenters. The minimum Gasteiger partial charge on any atom is -0.490 e. The smallest absolute Gasteiger partial charge is 0.319 e. The van der Waals surface area contributed by atoms with Crippen molar-refractivity contribution in [1.82, 2.24) is 30.0 Å². The van der Waals surface area contributed by atoms with E-state index in [-0.39, 0.29) is 18.0 Å². The molecular formula is C25H38FN7O3. The molecule has 36 heavy (non-hydrogen) atoms. The van der Waals surface area contributed by atoms with Crippen molar-refractivity contribution in [3.63, 3.8) is 0 Å². The molecule has 0 aliphatic carbocycles. The summed E-state index contributed by atoms with van der Waals surface area (Å²) in [6.45, 7) is 8.26. The van der Waals surface area contributed by atoms with Crippen molar-refractivity contribution in [3.8, 4) is 17.3 Å². The van der Waals surface area contributed by atoms with Crippen LogP contribution in [0.1, 0.15) is 52.7 Å². The number of carbonyl (C=O) groups is 1. The van der Waals surface area contributed by atoms with Gasteiger partial charge in [0.05, 0.1) is 29.5 Å². The zero-order valence-electron chi connectivity index (χ0n) is 21.9. The summed E-state index contributed by atoms with van der Waals surface area (Å²) < 4.78 is 27.8. The van der Waals surface area contributed by atoms with Crippen molar-refractivity contribution >= 4 is 22.8 Å². The maximum atomic E-state index is 14.6. The number of nitrogens with one attached hydrogen (secondary N) is 3. The average molecular weight is 504 g/mol. The number of fused-ring (bicyclic) bond motifs is 1. The molecule has 1 saturated heterocycles. The lowest BCUT2D eigenvalue weighted by Gasteiger charge is -2.22. The Morgan fingerprint density at radius 2 is 2.14 bits per heavy atom. The molecule has 2 amide bonds. The third-order valence-corrected chi connectivity index (χ3v) is 5.54. The Hall–Kier alpha value is -3.18. The van der Waals surface area contributed by atoms with E-state index in [0.717, 1.165) is 32.2 Å². The quantitative estimate of drug-likeness (QED) is 0.363. The number of ether oxygens (including phenoxy) is 2. The van der Waals surface area contributed by atoms with Crippen molar-refractivity contribution < 1.29 is 18.7 Å². The van der Waals surface area contributed by atoms with Crippen LogP contribution in [0.25, 0.3) is 22.6 Å². The van der Waals surface area contributed by atoms with Gasteiger partial charge in [0.1, 0.15) is 6.23 Å². The number of hydrogen-bond donors (Lipinski definition) is 3. The van der Waals surface area contributed by atoms with E-state index in [0.29, 0.717) is 48.0 Å². The number of hydrogen-bond acceptors (Lipinski definition) is 6. The molecule has 3 heterocycles. The van der Waals surface area contributed by atoms with Crippen LogP contribution in [0.5, 0.6) is 5.75 Å². The van der Waals surface area contributed by atoms with E-state index in [1.807, 2.05) is 39.8 Å². The molecule has 2 aromatic heterocycles. The van der Waals surface area contributed by atoms with Gasteiger partial charge in [0.15, 0.2) is 23.1 Å².